The van der Waals surface area contributed by atoms with E-state index in [2.05, 4.69) is 5.32 Å². The quantitative estimate of drug-likeness (QED) is 0.646. The molecule has 0 aromatic heterocycles. The SMILES string of the molecule is CN(C)CC=CC(=O)NC1OCCCC1C(N)=O. The fourth-order valence-electron chi connectivity index (χ4n) is 1.77. The molecule has 1 heterocycles. The Kier molecular flexibility index (Phi) is 5.80. The predicted octanol–water partition coefficient (Wildman–Crippen LogP) is -0.542. The lowest BCUT2D eigenvalue weighted by atomic mass is 9.98. The van der Waals surface area contributed by atoms with Gasteiger partial charge in [0.2, 0.25) is 11.8 Å². The third kappa shape index (κ3) is 4.85. The van der Waals surface area contributed by atoms with Crippen LogP contribution in [0.5, 0.6) is 0 Å². The maximum Gasteiger partial charge on any atom is 0.245 e. The molecular weight excluding hydrogens is 234 g/mol. The Labute approximate surface area is 107 Å². The van der Waals surface area contributed by atoms with Crippen LogP contribution in [0.15, 0.2) is 12.2 Å². The molecule has 1 aliphatic heterocycles. The summed E-state index contributed by atoms with van der Waals surface area (Å²) in [6.45, 7) is 1.22. The zero-order chi connectivity index (χ0) is 13.5. The second kappa shape index (κ2) is 7.13. The van der Waals surface area contributed by atoms with E-state index in [1.807, 2.05) is 19.0 Å². The van der Waals surface area contributed by atoms with E-state index in [4.69, 9.17) is 10.5 Å². The lowest BCUT2D eigenvalue weighted by Gasteiger charge is -2.29. The summed E-state index contributed by atoms with van der Waals surface area (Å²) >= 11 is 0. The molecule has 102 valence electrons. The highest BCUT2D eigenvalue weighted by atomic mass is 16.5. The van der Waals surface area contributed by atoms with Gasteiger partial charge >= 0.3 is 0 Å². The lowest BCUT2D eigenvalue weighted by molar-refractivity contribution is -0.137. The number of primary amides is 1. The first-order valence-corrected chi connectivity index (χ1v) is 6.03. The molecular formula is C12H21N3O3. The van der Waals surface area contributed by atoms with Gasteiger partial charge in [-0.1, -0.05) is 6.08 Å². The number of rotatable bonds is 5. The third-order valence-corrected chi connectivity index (χ3v) is 2.71. The molecule has 0 bridgehead atoms. The van der Waals surface area contributed by atoms with Crippen molar-refractivity contribution in [1.82, 2.24) is 10.2 Å². The molecule has 18 heavy (non-hydrogen) atoms. The normalized spacial score (nSPS) is 24.4. The molecule has 0 aromatic rings. The van der Waals surface area contributed by atoms with Crippen LogP contribution in [0, 0.1) is 5.92 Å². The largest absolute Gasteiger partial charge is 0.369 e. The van der Waals surface area contributed by atoms with E-state index < -0.39 is 18.1 Å². The van der Waals surface area contributed by atoms with Gasteiger partial charge in [0.15, 0.2) is 0 Å². The van der Waals surface area contributed by atoms with Crippen LogP contribution in [-0.2, 0) is 14.3 Å². The maximum absolute atomic E-state index is 11.6. The van der Waals surface area contributed by atoms with Crippen LogP contribution in [-0.4, -0.2) is 50.2 Å². The Morgan fingerprint density at radius 2 is 2.22 bits per heavy atom. The number of nitrogens with zero attached hydrogens (tertiary/aromatic N) is 1. The van der Waals surface area contributed by atoms with Crippen molar-refractivity contribution in [3.05, 3.63) is 12.2 Å². The summed E-state index contributed by atoms with van der Waals surface area (Å²) in [5.41, 5.74) is 5.28. The van der Waals surface area contributed by atoms with Crippen LogP contribution in [0.25, 0.3) is 0 Å². The smallest absolute Gasteiger partial charge is 0.245 e. The van der Waals surface area contributed by atoms with Crippen LogP contribution >= 0.6 is 0 Å². The molecule has 0 radical (unpaired) electrons. The van der Waals surface area contributed by atoms with Crippen LogP contribution in [0.2, 0.25) is 0 Å². The summed E-state index contributed by atoms with van der Waals surface area (Å²) < 4.78 is 5.37. The highest BCUT2D eigenvalue weighted by molar-refractivity contribution is 5.88. The van der Waals surface area contributed by atoms with Crippen molar-refractivity contribution in [3.8, 4) is 0 Å². The van der Waals surface area contributed by atoms with Gasteiger partial charge in [-0.05, 0) is 26.9 Å². The number of carbonyl (C=O) groups excluding carboxylic acids is 2. The second-order valence-corrected chi connectivity index (χ2v) is 4.62. The van der Waals surface area contributed by atoms with E-state index in [1.54, 1.807) is 6.08 Å². The first-order valence-electron chi connectivity index (χ1n) is 6.03. The minimum atomic E-state index is -0.604. The number of amides is 2. The topological polar surface area (TPSA) is 84.7 Å². The molecule has 0 saturated carbocycles. The molecule has 2 unspecified atom stereocenters. The number of nitrogens with one attached hydrogen (secondary N) is 1. The molecule has 0 spiro atoms. The summed E-state index contributed by atoms with van der Waals surface area (Å²) in [6, 6.07) is 0. The first-order chi connectivity index (χ1) is 8.50. The van der Waals surface area contributed by atoms with Crippen molar-refractivity contribution in [2.24, 2.45) is 11.7 Å². The van der Waals surface area contributed by atoms with Crippen molar-refractivity contribution in [2.45, 2.75) is 19.1 Å². The van der Waals surface area contributed by atoms with E-state index in [-0.39, 0.29) is 5.91 Å². The molecule has 0 aliphatic carbocycles. The summed E-state index contributed by atoms with van der Waals surface area (Å²) in [5, 5.41) is 2.66. The highest BCUT2D eigenvalue weighted by Crippen LogP contribution is 2.18. The van der Waals surface area contributed by atoms with Gasteiger partial charge in [-0.3, -0.25) is 9.59 Å². The molecule has 1 fully saturated rings. The minimum absolute atomic E-state index is 0.269. The number of likely N-dealkylation sites (N-methyl/N-ethyl adjacent to an activating group) is 1. The molecule has 6 heteroatoms. The third-order valence-electron chi connectivity index (χ3n) is 2.71. The van der Waals surface area contributed by atoms with Gasteiger partial charge in [-0.25, -0.2) is 0 Å². The number of carbonyl (C=O) groups is 2. The fraction of sp³-hybridized carbons (Fsp3) is 0.667. The van der Waals surface area contributed by atoms with Crippen LogP contribution in [0.3, 0.4) is 0 Å². The zero-order valence-corrected chi connectivity index (χ0v) is 10.9. The Balaban J connectivity index is 2.46. The molecule has 3 N–H and O–H groups in total. The van der Waals surface area contributed by atoms with E-state index in [0.29, 0.717) is 19.6 Å². The van der Waals surface area contributed by atoms with Crippen LogP contribution in [0.1, 0.15) is 12.8 Å². The number of nitrogens with two attached hydrogens (primary N) is 1. The monoisotopic (exact) mass is 255 g/mol. The maximum atomic E-state index is 11.6. The Bertz CT molecular complexity index is 329. The summed E-state index contributed by atoms with van der Waals surface area (Å²) in [4.78, 5) is 24.8. The van der Waals surface area contributed by atoms with Gasteiger partial charge in [-0.15, -0.1) is 0 Å². The lowest BCUT2D eigenvalue weighted by Crippen LogP contribution is -2.49. The average molecular weight is 255 g/mol. The van der Waals surface area contributed by atoms with Crippen LogP contribution in [0.4, 0.5) is 0 Å². The van der Waals surface area contributed by atoms with Crippen molar-refractivity contribution < 1.29 is 14.3 Å². The number of hydrogen-bond donors (Lipinski definition) is 2. The van der Waals surface area contributed by atoms with E-state index in [1.165, 1.54) is 6.08 Å². The molecule has 0 aromatic carbocycles. The standard InChI is InChI=1S/C12H21N3O3/c1-15(2)7-3-6-10(16)14-12-9(11(13)17)5-4-8-18-12/h3,6,9,12H,4-5,7-8H2,1-2H3,(H2,13,17)(H,14,16). The van der Waals surface area contributed by atoms with E-state index >= 15 is 0 Å². The summed E-state index contributed by atoms with van der Waals surface area (Å²) in [5.74, 6) is -1.14. The summed E-state index contributed by atoms with van der Waals surface area (Å²) in [6.07, 6.45) is 4.03. The van der Waals surface area contributed by atoms with Gasteiger partial charge in [0, 0.05) is 19.2 Å². The summed E-state index contributed by atoms with van der Waals surface area (Å²) in [7, 11) is 3.82. The molecule has 1 saturated heterocycles. The zero-order valence-electron chi connectivity index (χ0n) is 10.9. The molecule has 1 rings (SSSR count). The minimum Gasteiger partial charge on any atom is -0.369 e. The van der Waals surface area contributed by atoms with E-state index in [9.17, 15) is 9.59 Å². The Morgan fingerprint density at radius 3 is 2.83 bits per heavy atom. The van der Waals surface area contributed by atoms with Gasteiger partial charge in [0.1, 0.15) is 6.23 Å². The Morgan fingerprint density at radius 1 is 1.50 bits per heavy atom. The first kappa shape index (κ1) is 14.7. The number of hydrogen-bond acceptors (Lipinski definition) is 4. The second-order valence-electron chi connectivity index (χ2n) is 4.62. The van der Waals surface area contributed by atoms with Crippen molar-refractivity contribution in [2.75, 3.05) is 27.2 Å². The van der Waals surface area contributed by atoms with Gasteiger partial charge < -0.3 is 20.7 Å². The van der Waals surface area contributed by atoms with Gasteiger partial charge in [0.25, 0.3) is 0 Å². The van der Waals surface area contributed by atoms with Crippen LogP contribution < -0.4 is 11.1 Å². The van der Waals surface area contributed by atoms with Gasteiger partial charge in [-0.2, -0.15) is 0 Å². The predicted molar refractivity (Wildman–Crippen MR) is 67.5 cm³/mol. The molecule has 6 nitrogen and oxygen atoms in total. The van der Waals surface area contributed by atoms with Crippen molar-refractivity contribution in [3.63, 3.8) is 0 Å². The van der Waals surface area contributed by atoms with Crippen molar-refractivity contribution in [1.29, 1.82) is 0 Å². The highest BCUT2D eigenvalue weighted by Gasteiger charge is 2.31. The number of ether oxygens (including phenoxy) is 1. The van der Waals surface area contributed by atoms with Crippen molar-refractivity contribution >= 4 is 11.8 Å². The van der Waals surface area contributed by atoms with E-state index in [0.717, 1.165) is 6.42 Å². The fourth-order valence-corrected chi connectivity index (χ4v) is 1.77. The molecule has 2 atom stereocenters. The molecule has 1 aliphatic rings. The Hall–Kier alpha value is -1.40. The molecule has 2 amide bonds. The average Bonchev–Trinajstić information content (AvgIpc) is 2.28. The van der Waals surface area contributed by atoms with Gasteiger partial charge in [0.05, 0.1) is 5.92 Å².